The van der Waals surface area contributed by atoms with Gasteiger partial charge in [0.2, 0.25) is 5.91 Å². The lowest BCUT2D eigenvalue weighted by molar-refractivity contribution is -0.136. The second-order valence-corrected chi connectivity index (χ2v) is 6.55. The zero-order valence-electron chi connectivity index (χ0n) is 12.4. The van der Waals surface area contributed by atoms with E-state index < -0.39 is 0 Å². The summed E-state index contributed by atoms with van der Waals surface area (Å²) >= 11 is 0. The third kappa shape index (κ3) is 2.76. The fraction of sp³-hybridized carbons (Fsp3) is 0.867. The van der Waals surface area contributed by atoms with Crippen molar-refractivity contribution in [3.8, 4) is 6.07 Å². The summed E-state index contributed by atoms with van der Waals surface area (Å²) in [6.45, 7) is 5.24. The van der Waals surface area contributed by atoms with Gasteiger partial charge in [0, 0.05) is 25.2 Å². The Morgan fingerprint density at radius 2 is 2.00 bits per heavy atom. The Bertz CT molecular complexity index is 379. The van der Waals surface area contributed by atoms with E-state index in [0.717, 1.165) is 13.0 Å². The van der Waals surface area contributed by atoms with Crippen LogP contribution in [0.3, 0.4) is 0 Å². The average molecular weight is 263 g/mol. The lowest BCUT2D eigenvalue weighted by Gasteiger charge is -2.44. The molecule has 0 spiro atoms. The lowest BCUT2D eigenvalue weighted by Crippen LogP contribution is -2.56. The first-order valence-electron chi connectivity index (χ1n) is 7.38. The molecule has 2 aliphatic rings. The molecule has 1 atom stereocenters. The molecular formula is C15H25N3O. The van der Waals surface area contributed by atoms with Crippen LogP contribution in [0.15, 0.2) is 0 Å². The van der Waals surface area contributed by atoms with Gasteiger partial charge in [0.05, 0.1) is 12.5 Å². The molecule has 2 fully saturated rings. The number of amides is 1. The second-order valence-electron chi connectivity index (χ2n) is 6.55. The molecule has 1 saturated carbocycles. The monoisotopic (exact) mass is 263 g/mol. The third-order valence-electron chi connectivity index (χ3n) is 4.76. The Kier molecular flexibility index (Phi) is 4.15. The van der Waals surface area contributed by atoms with Gasteiger partial charge >= 0.3 is 0 Å². The van der Waals surface area contributed by atoms with Crippen molar-refractivity contribution < 1.29 is 4.79 Å². The van der Waals surface area contributed by atoms with Crippen LogP contribution in [0.5, 0.6) is 0 Å². The van der Waals surface area contributed by atoms with E-state index in [2.05, 4.69) is 24.8 Å². The molecule has 1 heterocycles. The first kappa shape index (κ1) is 14.3. The number of nitriles is 1. The molecule has 1 amide bonds. The molecule has 0 aromatic rings. The van der Waals surface area contributed by atoms with E-state index in [-0.39, 0.29) is 17.5 Å². The van der Waals surface area contributed by atoms with Crippen LogP contribution in [0, 0.1) is 11.3 Å². The zero-order chi connectivity index (χ0) is 14.0. The molecule has 19 heavy (non-hydrogen) atoms. The summed E-state index contributed by atoms with van der Waals surface area (Å²) in [5.41, 5.74) is -0.00303. The van der Waals surface area contributed by atoms with Gasteiger partial charge in [0.25, 0.3) is 0 Å². The van der Waals surface area contributed by atoms with Crippen molar-refractivity contribution in [3.05, 3.63) is 0 Å². The SMILES string of the molecule is CN1CCC(C)(C)N(C2CCCC2)C(CC#N)C1=O. The highest BCUT2D eigenvalue weighted by molar-refractivity contribution is 5.82. The number of hydrogen-bond acceptors (Lipinski definition) is 3. The van der Waals surface area contributed by atoms with Crippen LogP contribution in [0.25, 0.3) is 0 Å². The van der Waals surface area contributed by atoms with E-state index in [1.54, 1.807) is 4.90 Å². The van der Waals surface area contributed by atoms with Crippen molar-refractivity contribution in [2.24, 2.45) is 0 Å². The van der Waals surface area contributed by atoms with E-state index in [9.17, 15) is 4.79 Å². The summed E-state index contributed by atoms with van der Waals surface area (Å²) in [7, 11) is 1.86. The van der Waals surface area contributed by atoms with E-state index in [0.29, 0.717) is 12.5 Å². The number of rotatable bonds is 2. The van der Waals surface area contributed by atoms with E-state index in [4.69, 9.17) is 5.26 Å². The topological polar surface area (TPSA) is 47.3 Å². The summed E-state index contributed by atoms with van der Waals surface area (Å²) in [5.74, 6) is 0.124. The Morgan fingerprint density at radius 3 is 2.58 bits per heavy atom. The molecule has 1 aliphatic heterocycles. The highest BCUT2D eigenvalue weighted by Crippen LogP contribution is 2.35. The predicted octanol–water partition coefficient (Wildman–Crippen LogP) is 2.15. The van der Waals surface area contributed by atoms with Gasteiger partial charge in [0.15, 0.2) is 0 Å². The van der Waals surface area contributed by atoms with E-state index in [1.165, 1.54) is 25.7 Å². The van der Waals surface area contributed by atoms with Crippen LogP contribution in [0.4, 0.5) is 0 Å². The Morgan fingerprint density at radius 1 is 1.37 bits per heavy atom. The number of carbonyl (C=O) groups is 1. The summed E-state index contributed by atoms with van der Waals surface area (Å²) in [6, 6.07) is 2.44. The van der Waals surface area contributed by atoms with Crippen molar-refractivity contribution in [1.82, 2.24) is 9.80 Å². The van der Waals surface area contributed by atoms with Crippen LogP contribution in [-0.4, -0.2) is 46.9 Å². The van der Waals surface area contributed by atoms with Crippen LogP contribution in [-0.2, 0) is 4.79 Å². The Labute approximate surface area is 116 Å². The highest BCUT2D eigenvalue weighted by atomic mass is 16.2. The molecule has 1 saturated heterocycles. The molecule has 1 aliphatic carbocycles. The largest absolute Gasteiger partial charge is 0.344 e. The predicted molar refractivity (Wildman–Crippen MR) is 74.4 cm³/mol. The zero-order valence-corrected chi connectivity index (χ0v) is 12.4. The summed E-state index contributed by atoms with van der Waals surface area (Å²) in [6.07, 6.45) is 6.13. The van der Waals surface area contributed by atoms with Gasteiger partial charge in [-0.05, 0) is 33.1 Å². The summed E-state index contributed by atoms with van der Waals surface area (Å²) in [5, 5.41) is 9.10. The third-order valence-corrected chi connectivity index (χ3v) is 4.76. The van der Waals surface area contributed by atoms with Crippen molar-refractivity contribution >= 4 is 5.91 Å². The van der Waals surface area contributed by atoms with Crippen molar-refractivity contribution in [3.63, 3.8) is 0 Å². The lowest BCUT2D eigenvalue weighted by atomic mass is 9.93. The van der Waals surface area contributed by atoms with Gasteiger partial charge in [-0.25, -0.2) is 0 Å². The average Bonchev–Trinajstić information content (AvgIpc) is 2.85. The highest BCUT2D eigenvalue weighted by Gasteiger charge is 2.44. The number of hydrogen-bond donors (Lipinski definition) is 0. The minimum atomic E-state index is -0.254. The van der Waals surface area contributed by atoms with Gasteiger partial charge < -0.3 is 4.90 Å². The van der Waals surface area contributed by atoms with Gasteiger partial charge in [0.1, 0.15) is 6.04 Å². The molecule has 0 aromatic carbocycles. The van der Waals surface area contributed by atoms with E-state index in [1.807, 2.05) is 7.05 Å². The number of likely N-dealkylation sites (N-methyl/N-ethyl adjacent to an activating group) is 1. The van der Waals surface area contributed by atoms with Crippen molar-refractivity contribution in [2.45, 2.75) is 70.0 Å². The maximum atomic E-state index is 12.5. The number of carbonyl (C=O) groups excluding carboxylic acids is 1. The fourth-order valence-electron chi connectivity index (χ4n) is 3.68. The molecule has 0 N–H and O–H groups in total. The van der Waals surface area contributed by atoms with Crippen molar-refractivity contribution in [2.75, 3.05) is 13.6 Å². The normalized spacial score (nSPS) is 29.3. The summed E-state index contributed by atoms with van der Waals surface area (Å²) in [4.78, 5) is 16.7. The Hall–Kier alpha value is -1.08. The molecule has 106 valence electrons. The van der Waals surface area contributed by atoms with E-state index >= 15 is 0 Å². The minimum absolute atomic E-state index is 0.00303. The summed E-state index contributed by atoms with van der Waals surface area (Å²) < 4.78 is 0. The van der Waals surface area contributed by atoms with Crippen molar-refractivity contribution in [1.29, 1.82) is 5.26 Å². The van der Waals surface area contributed by atoms with Gasteiger partial charge in [-0.3, -0.25) is 9.69 Å². The maximum Gasteiger partial charge on any atom is 0.240 e. The molecule has 1 unspecified atom stereocenters. The van der Waals surface area contributed by atoms with Crippen LogP contribution < -0.4 is 0 Å². The maximum absolute atomic E-state index is 12.5. The van der Waals surface area contributed by atoms with Gasteiger partial charge in [-0.1, -0.05) is 12.8 Å². The smallest absolute Gasteiger partial charge is 0.240 e. The Balaban J connectivity index is 2.34. The fourth-order valence-corrected chi connectivity index (χ4v) is 3.68. The molecule has 0 bridgehead atoms. The van der Waals surface area contributed by atoms with Crippen LogP contribution in [0.2, 0.25) is 0 Å². The standard InChI is InChI=1S/C15H25N3O/c1-15(2)9-11-17(3)14(19)13(8-10-16)18(15)12-6-4-5-7-12/h12-13H,4-9,11H2,1-3H3. The number of nitrogens with zero attached hydrogens (tertiary/aromatic N) is 3. The molecule has 2 rings (SSSR count). The molecule has 4 nitrogen and oxygen atoms in total. The quantitative estimate of drug-likeness (QED) is 0.767. The molecule has 0 radical (unpaired) electrons. The molecule has 0 aromatic heterocycles. The van der Waals surface area contributed by atoms with Gasteiger partial charge in [-0.2, -0.15) is 5.26 Å². The molecular weight excluding hydrogens is 238 g/mol. The molecule has 4 heteroatoms. The minimum Gasteiger partial charge on any atom is -0.344 e. The van der Waals surface area contributed by atoms with Crippen LogP contribution >= 0.6 is 0 Å². The van der Waals surface area contributed by atoms with Gasteiger partial charge in [-0.15, -0.1) is 0 Å². The first-order valence-corrected chi connectivity index (χ1v) is 7.38. The first-order chi connectivity index (χ1) is 8.97. The van der Waals surface area contributed by atoms with Crippen LogP contribution in [0.1, 0.15) is 52.4 Å². The second kappa shape index (κ2) is 5.50.